The number of carbonyl (C=O) groups is 1. The number of benzene rings is 3. The van der Waals surface area contributed by atoms with Gasteiger partial charge in [0, 0.05) is 12.0 Å². The molecular formula is C29H30FN3O. The lowest BCUT2D eigenvalue weighted by Crippen LogP contribution is -2.42. The number of rotatable bonds is 6. The Balaban J connectivity index is 1.27. The van der Waals surface area contributed by atoms with E-state index >= 15 is 0 Å². The van der Waals surface area contributed by atoms with E-state index in [1.54, 1.807) is 12.1 Å². The quantitative estimate of drug-likeness (QED) is 0.495. The number of hydrogen-bond donors (Lipinski definition) is 0. The summed E-state index contributed by atoms with van der Waals surface area (Å²) >= 11 is 0. The predicted molar refractivity (Wildman–Crippen MR) is 133 cm³/mol. The summed E-state index contributed by atoms with van der Waals surface area (Å²) in [6.07, 6.45) is 3.76. The zero-order valence-corrected chi connectivity index (χ0v) is 19.3. The van der Waals surface area contributed by atoms with Gasteiger partial charge in [-0.15, -0.1) is 0 Å². The normalized spacial score (nSPS) is 19.3. The third-order valence-corrected chi connectivity index (χ3v) is 6.97. The first kappa shape index (κ1) is 22.5. The molecule has 2 aliphatic heterocycles. The van der Waals surface area contributed by atoms with Crippen LogP contribution < -0.4 is 0 Å². The molecule has 0 spiro atoms. The van der Waals surface area contributed by atoms with Crippen LogP contribution in [0.2, 0.25) is 0 Å². The molecule has 4 nitrogen and oxygen atoms in total. The summed E-state index contributed by atoms with van der Waals surface area (Å²) in [5, 5.41) is 6.23. The molecule has 5 rings (SSSR count). The molecule has 174 valence electrons. The molecule has 0 bridgehead atoms. The van der Waals surface area contributed by atoms with Crippen LogP contribution in [-0.2, 0) is 11.2 Å². The number of halogens is 1. The third-order valence-electron chi connectivity index (χ3n) is 6.97. The average Bonchev–Trinajstić information content (AvgIpc) is 3.32. The minimum absolute atomic E-state index is 0.0688. The van der Waals surface area contributed by atoms with Crippen molar-refractivity contribution in [3.8, 4) is 0 Å². The second-order valence-corrected chi connectivity index (χ2v) is 9.30. The van der Waals surface area contributed by atoms with Crippen molar-refractivity contribution in [2.24, 2.45) is 11.0 Å². The Kier molecular flexibility index (Phi) is 6.82. The Labute approximate surface area is 200 Å². The SMILES string of the molecule is O=C(CN1CCC(Cc2ccccc2)CC1)N1N=C(c2ccccc2)C[C@H]1c1ccccc1F. The van der Waals surface area contributed by atoms with Crippen LogP contribution in [0.1, 0.15) is 42.0 Å². The molecule has 3 aromatic carbocycles. The van der Waals surface area contributed by atoms with Crippen LogP contribution in [0.25, 0.3) is 0 Å². The Morgan fingerprint density at radius 3 is 2.24 bits per heavy atom. The number of carbonyl (C=O) groups excluding carboxylic acids is 1. The lowest BCUT2D eigenvalue weighted by molar-refractivity contribution is -0.134. The van der Waals surface area contributed by atoms with Crippen molar-refractivity contribution in [3.05, 3.63) is 107 Å². The minimum atomic E-state index is -0.417. The topological polar surface area (TPSA) is 35.9 Å². The molecule has 0 aromatic heterocycles. The zero-order valence-electron chi connectivity index (χ0n) is 19.3. The maximum atomic E-state index is 14.7. The van der Waals surface area contributed by atoms with E-state index in [0.717, 1.165) is 43.6 Å². The molecule has 0 saturated carbocycles. The van der Waals surface area contributed by atoms with Gasteiger partial charge in [0.2, 0.25) is 0 Å². The largest absolute Gasteiger partial charge is 0.294 e. The molecule has 0 aliphatic carbocycles. The molecule has 0 unspecified atom stereocenters. The maximum Gasteiger partial charge on any atom is 0.257 e. The average molecular weight is 456 g/mol. The van der Waals surface area contributed by atoms with Gasteiger partial charge in [-0.25, -0.2) is 9.40 Å². The number of nitrogens with zero attached hydrogens (tertiary/aromatic N) is 3. The monoisotopic (exact) mass is 455 g/mol. The minimum Gasteiger partial charge on any atom is -0.294 e. The molecule has 34 heavy (non-hydrogen) atoms. The Hall–Kier alpha value is -3.31. The van der Waals surface area contributed by atoms with Gasteiger partial charge in [-0.1, -0.05) is 78.9 Å². The van der Waals surface area contributed by atoms with Crippen molar-refractivity contribution in [2.45, 2.75) is 31.7 Å². The first-order valence-corrected chi connectivity index (χ1v) is 12.1. The van der Waals surface area contributed by atoms with Crippen LogP contribution in [0, 0.1) is 11.7 Å². The van der Waals surface area contributed by atoms with E-state index in [1.165, 1.54) is 16.6 Å². The first-order valence-electron chi connectivity index (χ1n) is 12.1. The fourth-order valence-corrected chi connectivity index (χ4v) is 5.09. The summed E-state index contributed by atoms with van der Waals surface area (Å²) in [7, 11) is 0. The summed E-state index contributed by atoms with van der Waals surface area (Å²) in [6.45, 7) is 2.11. The standard InChI is InChI=1S/C29H30FN3O/c30-26-14-8-7-13-25(26)28-20-27(24-11-5-2-6-12-24)31-33(28)29(34)21-32-17-15-23(16-18-32)19-22-9-3-1-4-10-22/h1-14,23,28H,15-21H2/t28-/m0/s1. The number of likely N-dealkylation sites (tertiary alicyclic amines) is 1. The highest BCUT2D eigenvalue weighted by Gasteiger charge is 2.35. The lowest BCUT2D eigenvalue weighted by Gasteiger charge is -2.33. The smallest absolute Gasteiger partial charge is 0.257 e. The summed E-state index contributed by atoms with van der Waals surface area (Å²) in [4.78, 5) is 15.6. The van der Waals surface area contributed by atoms with E-state index in [1.807, 2.05) is 36.4 Å². The van der Waals surface area contributed by atoms with Crippen molar-refractivity contribution < 1.29 is 9.18 Å². The van der Waals surface area contributed by atoms with Gasteiger partial charge < -0.3 is 0 Å². The molecule has 1 saturated heterocycles. The molecule has 1 atom stereocenters. The Bertz CT molecular complexity index is 1140. The van der Waals surface area contributed by atoms with Crippen molar-refractivity contribution in [1.82, 2.24) is 9.91 Å². The van der Waals surface area contributed by atoms with Crippen molar-refractivity contribution in [3.63, 3.8) is 0 Å². The summed E-state index contributed by atoms with van der Waals surface area (Å²) in [6, 6.07) is 26.8. The molecule has 2 heterocycles. The van der Waals surface area contributed by atoms with Crippen molar-refractivity contribution in [1.29, 1.82) is 0 Å². The van der Waals surface area contributed by atoms with Crippen LogP contribution in [0.5, 0.6) is 0 Å². The molecule has 2 aliphatic rings. The number of hydrazone groups is 1. The van der Waals surface area contributed by atoms with E-state index in [2.05, 4.69) is 35.2 Å². The molecule has 1 fully saturated rings. The maximum absolute atomic E-state index is 14.7. The molecule has 1 amide bonds. The lowest BCUT2D eigenvalue weighted by atomic mass is 9.90. The second kappa shape index (κ2) is 10.3. The van der Waals surface area contributed by atoms with E-state index < -0.39 is 6.04 Å². The molecule has 0 N–H and O–H groups in total. The van der Waals surface area contributed by atoms with E-state index in [9.17, 15) is 9.18 Å². The van der Waals surface area contributed by atoms with Crippen LogP contribution >= 0.6 is 0 Å². The van der Waals surface area contributed by atoms with Crippen molar-refractivity contribution >= 4 is 11.6 Å². The highest BCUT2D eigenvalue weighted by Crippen LogP contribution is 2.34. The van der Waals surface area contributed by atoms with Gasteiger partial charge in [0.1, 0.15) is 5.82 Å². The number of piperidine rings is 1. The number of amides is 1. The molecule has 3 aromatic rings. The van der Waals surface area contributed by atoms with Gasteiger partial charge >= 0.3 is 0 Å². The Morgan fingerprint density at radius 2 is 1.53 bits per heavy atom. The fraction of sp³-hybridized carbons (Fsp3) is 0.310. The van der Waals surface area contributed by atoms with E-state index in [4.69, 9.17) is 5.10 Å². The van der Waals surface area contributed by atoms with Gasteiger partial charge in [0.25, 0.3) is 5.91 Å². The summed E-state index contributed by atoms with van der Waals surface area (Å²) in [5.41, 5.74) is 3.70. The summed E-state index contributed by atoms with van der Waals surface area (Å²) in [5.74, 6) is 0.284. The highest BCUT2D eigenvalue weighted by molar-refractivity contribution is 6.03. The third kappa shape index (κ3) is 5.10. The predicted octanol–water partition coefficient (Wildman–Crippen LogP) is 5.46. The molecular weight excluding hydrogens is 425 g/mol. The van der Waals surface area contributed by atoms with Gasteiger partial charge in [0.15, 0.2) is 0 Å². The van der Waals surface area contributed by atoms with Gasteiger partial charge in [-0.05, 0) is 55.5 Å². The first-order chi connectivity index (χ1) is 16.7. The van der Waals surface area contributed by atoms with Crippen LogP contribution in [-0.4, -0.2) is 41.2 Å². The van der Waals surface area contributed by atoms with Crippen LogP contribution in [0.3, 0.4) is 0 Å². The fourth-order valence-electron chi connectivity index (χ4n) is 5.09. The van der Waals surface area contributed by atoms with Crippen molar-refractivity contribution in [2.75, 3.05) is 19.6 Å². The highest BCUT2D eigenvalue weighted by atomic mass is 19.1. The van der Waals surface area contributed by atoms with Gasteiger partial charge in [-0.2, -0.15) is 5.10 Å². The summed E-state index contributed by atoms with van der Waals surface area (Å²) < 4.78 is 14.7. The van der Waals surface area contributed by atoms with Crippen LogP contribution in [0.15, 0.2) is 90.0 Å². The Morgan fingerprint density at radius 1 is 0.882 bits per heavy atom. The second-order valence-electron chi connectivity index (χ2n) is 9.30. The van der Waals surface area contributed by atoms with Crippen LogP contribution in [0.4, 0.5) is 4.39 Å². The zero-order chi connectivity index (χ0) is 23.3. The molecule has 0 radical (unpaired) electrons. The van der Waals surface area contributed by atoms with E-state index in [0.29, 0.717) is 24.4 Å². The van der Waals surface area contributed by atoms with Gasteiger partial charge in [0.05, 0.1) is 18.3 Å². The van der Waals surface area contributed by atoms with E-state index in [-0.39, 0.29) is 11.7 Å². The molecule has 5 heteroatoms. The number of hydrogen-bond acceptors (Lipinski definition) is 3. The van der Waals surface area contributed by atoms with Gasteiger partial charge in [-0.3, -0.25) is 9.69 Å².